The SMILES string of the molecule is [2H]C([2H])([2H])N1CCC[C@H]1[C@H](C)n1nc(I)c2c(Cl)nc(-c3noc4c3CCC[C@@]43CCCCC34OCCO4)nc21. The highest BCUT2D eigenvalue weighted by Gasteiger charge is 2.61. The number of rotatable bonds is 3. The first-order valence-electron chi connectivity index (χ1n) is 14.8. The van der Waals surface area contributed by atoms with Gasteiger partial charge >= 0.3 is 0 Å². The van der Waals surface area contributed by atoms with Crippen molar-refractivity contribution in [2.45, 2.75) is 88.0 Å². The molecule has 3 aromatic rings. The molecule has 3 aromatic heterocycles. The van der Waals surface area contributed by atoms with E-state index in [1.807, 2.05) is 11.6 Å². The molecule has 0 bridgehead atoms. The molecular formula is C26H32ClIN6O3. The third-order valence-electron chi connectivity index (χ3n) is 9.01. The molecule has 2 spiro atoms. The van der Waals surface area contributed by atoms with Crippen LogP contribution in [0.5, 0.6) is 0 Å². The van der Waals surface area contributed by atoms with Gasteiger partial charge in [0.25, 0.3) is 0 Å². The van der Waals surface area contributed by atoms with E-state index in [-0.39, 0.29) is 17.5 Å². The molecule has 0 N–H and O–H groups in total. The van der Waals surface area contributed by atoms with Crippen LogP contribution in [0.15, 0.2) is 4.52 Å². The first-order valence-corrected chi connectivity index (χ1v) is 14.8. The minimum Gasteiger partial charge on any atom is -0.360 e. The molecule has 5 heterocycles. The summed E-state index contributed by atoms with van der Waals surface area (Å²) in [6.07, 6.45) is 8.22. The van der Waals surface area contributed by atoms with E-state index < -0.39 is 12.8 Å². The summed E-state index contributed by atoms with van der Waals surface area (Å²) in [5.41, 5.74) is 1.79. The first kappa shape index (κ1) is 21.5. The van der Waals surface area contributed by atoms with Crippen molar-refractivity contribution in [2.75, 3.05) is 26.7 Å². The maximum atomic E-state index is 8.02. The predicted molar refractivity (Wildman–Crippen MR) is 147 cm³/mol. The van der Waals surface area contributed by atoms with Crippen LogP contribution >= 0.6 is 34.2 Å². The topological polar surface area (TPSA) is 91.3 Å². The van der Waals surface area contributed by atoms with E-state index in [4.69, 9.17) is 39.8 Å². The van der Waals surface area contributed by atoms with Crippen molar-refractivity contribution >= 4 is 45.2 Å². The van der Waals surface area contributed by atoms with Crippen LogP contribution in [0.2, 0.25) is 5.15 Å². The highest BCUT2D eigenvalue weighted by molar-refractivity contribution is 14.1. The summed E-state index contributed by atoms with van der Waals surface area (Å²) >= 11 is 8.92. The summed E-state index contributed by atoms with van der Waals surface area (Å²) in [5, 5.41) is 10.3. The Bertz CT molecular complexity index is 1460. The number of fused-ring (bicyclic) bond motifs is 4. The standard InChI is InChI=1S/C26H32ClIN6O3/c1-15(17-8-6-12-33(17)2)34-24-18(22(28)31-34)21(27)29-23(30-24)19-16-7-5-10-25(20(16)37-32-19)9-3-4-11-26(25)35-13-14-36-26/h15,17H,3-14H2,1-2H3/t15-,17-,25-/m0/s1/i2D3. The van der Waals surface area contributed by atoms with Gasteiger partial charge in [-0.25, -0.2) is 14.6 Å². The number of hydrogen-bond donors (Lipinski definition) is 0. The van der Waals surface area contributed by atoms with Gasteiger partial charge in [-0.15, -0.1) is 0 Å². The molecule has 2 aliphatic carbocycles. The lowest BCUT2D eigenvalue weighted by molar-refractivity contribution is -0.235. The van der Waals surface area contributed by atoms with Gasteiger partial charge in [-0.05, 0) is 88.0 Å². The monoisotopic (exact) mass is 641 g/mol. The van der Waals surface area contributed by atoms with E-state index in [0.29, 0.717) is 51.2 Å². The van der Waals surface area contributed by atoms with Gasteiger partial charge in [0.1, 0.15) is 8.85 Å². The number of nitrogens with zero attached hydrogens (tertiary/aromatic N) is 6. The smallest absolute Gasteiger partial charge is 0.185 e. The Balaban J connectivity index is 1.32. The Labute approximate surface area is 238 Å². The number of halogens is 2. The van der Waals surface area contributed by atoms with Crippen molar-refractivity contribution < 1.29 is 18.1 Å². The van der Waals surface area contributed by atoms with Gasteiger partial charge in [0.15, 0.2) is 28.7 Å². The van der Waals surface area contributed by atoms with Gasteiger partial charge in [-0.3, -0.25) is 0 Å². The van der Waals surface area contributed by atoms with E-state index >= 15 is 0 Å². The van der Waals surface area contributed by atoms with Gasteiger partial charge in [-0.1, -0.05) is 23.2 Å². The number of hydrogen-bond acceptors (Lipinski definition) is 8. The third-order valence-corrected chi connectivity index (χ3v) is 10.0. The van der Waals surface area contributed by atoms with Gasteiger partial charge in [0, 0.05) is 22.1 Å². The van der Waals surface area contributed by atoms with E-state index in [1.165, 1.54) is 0 Å². The Morgan fingerprint density at radius 1 is 1.14 bits per heavy atom. The summed E-state index contributed by atoms with van der Waals surface area (Å²) in [6.45, 7) is 1.55. The molecule has 0 aromatic carbocycles. The van der Waals surface area contributed by atoms with Crippen LogP contribution in [0, 0.1) is 3.70 Å². The second-order valence-electron chi connectivity index (χ2n) is 10.8. The highest BCUT2D eigenvalue weighted by Crippen LogP contribution is 2.57. The molecule has 9 nitrogen and oxygen atoms in total. The fourth-order valence-electron chi connectivity index (χ4n) is 7.27. The summed E-state index contributed by atoms with van der Waals surface area (Å²) in [4.78, 5) is 11.2. The van der Waals surface area contributed by atoms with Crippen LogP contribution in [-0.4, -0.2) is 68.4 Å². The first-order chi connectivity index (χ1) is 19.2. The third kappa shape index (κ3) is 3.58. The van der Waals surface area contributed by atoms with E-state index in [2.05, 4.69) is 32.7 Å². The molecule has 2 aliphatic heterocycles. The zero-order valence-corrected chi connectivity index (χ0v) is 23.7. The molecule has 7 rings (SSSR count). The van der Waals surface area contributed by atoms with Gasteiger partial charge < -0.3 is 18.9 Å². The van der Waals surface area contributed by atoms with Crippen molar-refractivity contribution in [1.29, 1.82) is 0 Å². The minimum absolute atomic E-state index is 0.197. The maximum absolute atomic E-state index is 8.02. The van der Waals surface area contributed by atoms with E-state index in [0.717, 1.165) is 69.1 Å². The largest absolute Gasteiger partial charge is 0.360 e. The lowest BCUT2D eigenvalue weighted by atomic mass is 9.61. The molecule has 0 amide bonds. The van der Waals surface area contributed by atoms with Crippen LogP contribution in [-0.2, 0) is 21.3 Å². The van der Waals surface area contributed by atoms with Crippen LogP contribution in [0.25, 0.3) is 22.6 Å². The average Bonchev–Trinajstić information content (AvgIpc) is 3.71. The van der Waals surface area contributed by atoms with E-state index in [1.54, 1.807) is 4.90 Å². The number of ether oxygens (including phenoxy) is 2. The van der Waals surface area contributed by atoms with Crippen molar-refractivity contribution in [3.05, 3.63) is 20.2 Å². The summed E-state index contributed by atoms with van der Waals surface area (Å²) in [5.74, 6) is 0.562. The van der Waals surface area contributed by atoms with Crippen molar-refractivity contribution in [3.63, 3.8) is 0 Å². The van der Waals surface area contributed by atoms with Crippen LogP contribution in [0.4, 0.5) is 0 Å². The molecule has 4 aliphatic rings. The number of likely N-dealkylation sites (tertiary alicyclic amines) is 1. The second kappa shape index (κ2) is 9.11. The molecule has 3 atom stereocenters. The zero-order chi connectivity index (χ0) is 27.9. The molecule has 0 radical (unpaired) electrons. The van der Waals surface area contributed by atoms with Crippen LogP contribution < -0.4 is 0 Å². The predicted octanol–water partition coefficient (Wildman–Crippen LogP) is 5.29. The average molecular weight is 642 g/mol. The van der Waals surface area contributed by atoms with Crippen molar-refractivity contribution in [2.24, 2.45) is 0 Å². The fourth-order valence-corrected chi connectivity index (χ4v) is 8.41. The lowest BCUT2D eigenvalue weighted by Crippen LogP contribution is -2.56. The Kier molecular flexibility index (Phi) is 5.29. The molecule has 2 saturated heterocycles. The Hall–Kier alpha value is -1.34. The number of likely N-dealkylation sites (N-methyl/N-ethyl adjacent to an activating group) is 1. The quantitative estimate of drug-likeness (QED) is 0.282. The molecule has 0 unspecified atom stereocenters. The lowest BCUT2D eigenvalue weighted by Gasteiger charge is -2.50. The van der Waals surface area contributed by atoms with Crippen molar-refractivity contribution in [1.82, 2.24) is 29.8 Å². The summed E-state index contributed by atoms with van der Waals surface area (Å²) in [7, 11) is 0. The van der Waals surface area contributed by atoms with Gasteiger partial charge in [-0.2, -0.15) is 5.10 Å². The summed E-state index contributed by atoms with van der Waals surface area (Å²) < 4.78 is 45.4. The van der Waals surface area contributed by atoms with Gasteiger partial charge in [0.05, 0.1) is 30.1 Å². The second-order valence-corrected chi connectivity index (χ2v) is 12.2. The Morgan fingerprint density at radius 2 is 1.95 bits per heavy atom. The fraction of sp³-hybridized carbons (Fsp3) is 0.692. The number of aromatic nitrogens is 5. The normalized spacial score (nSPS) is 30.0. The summed E-state index contributed by atoms with van der Waals surface area (Å²) in [6, 6.07) is -0.432. The van der Waals surface area contributed by atoms with Crippen molar-refractivity contribution in [3.8, 4) is 11.5 Å². The minimum atomic E-state index is -2.16. The molecule has 11 heteroatoms. The van der Waals surface area contributed by atoms with Crippen LogP contribution in [0.3, 0.4) is 0 Å². The molecular weight excluding hydrogens is 607 g/mol. The zero-order valence-electron chi connectivity index (χ0n) is 23.8. The molecule has 3 fully saturated rings. The van der Waals surface area contributed by atoms with Crippen LogP contribution in [0.1, 0.15) is 79.8 Å². The molecule has 1 saturated carbocycles. The molecule has 37 heavy (non-hydrogen) atoms. The van der Waals surface area contributed by atoms with E-state index in [9.17, 15) is 0 Å². The highest BCUT2D eigenvalue weighted by atomic mass is 127. The maximum Gasteiger partial charge on any atom is 0.185 e. The molecule has 198 valence electrons. The Morgan fingerprint density at radius 3 is 2.78 bits per heavy atom. The van der Waals surface area contributed by atoms with Gasteiger partial charge in [0.2, 0.25) is 0 Å².